The molecule has 0 spiro atoms. The van der Waals surface area contributed by atoms with E-state index in [9.17, 15) is 0 Å². The van der Waals surface area contributed by atoms with Crippen molar-refractivity contribution in [2.24, 2.45) is 0 Å². The van der Waals surface area contributed by atoms with Crippen molar-refractivity contribution in [1.82, 2.24) is 4.57 Å². The van der Waals surface area contributed by atoms with Crippen LogP contribution in [-0.2, 0) is 0 Å². The van der Waals surface area contributed by atoms with E-state index in [-0.39, 0.29) is 0 Å². The van der Waals surface area contributed by atoms with E-state index in [1.807, 2.05) is 17.4 Å². The normalized spacial score (nSPS) is 12.1. The Morgan fingerprint density at radius 3 is 2.31 bits per heavy atom. The van der Waals surface area contributed by atoms with Crippen LogP contribution < -0.4 is 0 Å². The van der Waals surface area contributed by atoms with Crippen LogP contribution in [0.5, 0.6) is 0 Å². The van der Waals surface area contributed by atoms with Gasteiger partial charge in [-0.1, -0.05) is 72.8 Å². The maximum absolute atomic E-state index is 6.45. The molecule has 136 valence electrons. The van der Waals surface area contributed by atoms with E-state index in [0.717, 1.165) is 17.0 Å². The predicted molar refractivity (Wildman–Crippen MR) is 123 cm³/mol. The number of furan rings is 1. The lowest BCUT2D eigenvalue weighted by Crippen LogP contribution is -1.94. The summed E-state index contributed by atoms with van der Waals surface area (Å²) in [7, 11) is 0. The molecule has 7 aromatic rings. The van der Waals surface area contributed by atoms with Crippen LogP contribution in [0.15, 0.2) is 95.4 Å². The number of para-hydroxylation sites is 1. The van der Waals surface area contributed by atoms with Crippen molar-refractivity contribution >= 4 is 64.5 Å². The molecule has 0 unspecified atom stereocenters. The summed E-state index contributed by atoms with van der Waals surface area (Å²) in [6.45, 7) is 0. The highest BCUT2D eigenvalue weighted by atomic mass is 32.1. The first-order valence-corrected chi connectivity index (χ1v) is 10.5. The van der Waals surface area contributed by atoms with Gasteiger partial charge in [0.05, 0.1) is 21.3 Å². The van der Waals surface area contributed by atoms with Crippen molar-refractivity contribution in [2.45, 2.75) is 0 Å². The van der Waals surface area contributed by atoms with Gasteiger partial charge in [-0.15, -0.1) is 11.3 Å². The standard InChI is InChI=1S/C26H15NOS/c1-2-10-17-16(8-1)9-7-13-20(17)27-24-19-12-4-6-15-22(19)29-25(24)23-18-11-3-5-14-21(18)28-26(23)27/h1-15H. The quantitative estimate of drug-likeness (QED) is 0.279. The molecule has 0 N–H and O–H groups in total. The second-order valence-electron chi connectivity index (χ2n) is 7.39. The maximum Gasteiger partial charge on any atom is 0.214 e. The third-order valence-electron chi connectivity index (χ3n) is 5.81. The van der Waals surface area contributed by atoms with Crippen molar-refractivity contribution in [1.29, 1.82) is 0 Å². The van der Waals surface area contributed by atoms with Crippen molar-refractivity contribution < 1.29 is 4.42 Å². The lowest BCUT2D eigenvalue weighted by atomic mass is 10.1. The Balaban J connectivity index is 1.79. The van der Waals surface area contributed by atoms with Crippen LogP contribution in [0, 0.1) is 0 Å². The van der Waals surface area contributed by atoms with Gasteiger partial charge in [0.2, 0.25) is 5.71 Å². The molecule has 0 bridgehead atoms. The van der Waals surface area contributed by atoms with E-state index < -0.39 is 0 Å². The minimum absolute atomic E-state index is 0.926. The SMILES string of the molecule is c1ccc2c(-n3c4oc5ccccc5c4c4sc5ccccc5c43)cccc2c1. The fraction of sp³-hybridized carbons (Fsp3) is 0. The average molecular weight is 389 g/mol. The topological polar surface area (TPSA) is 18.1 Å². The van der Waals surface area contributed by atoms with Crippen LogP contribution >= 0.6 is 11.3 Å². The second kappa shape index (κ2) is 5.49. The van der Waals surface area contributed by atoms with Crippen LogP contribution in [0.3, 0.4) is 0 Å². The third-order valence-corrected chi connectivity index (χ3v) is 6.98. The zero-order chi connectivity index (χ0) is 18.9. The van der Waals surface area contributed by atoms with Gasteiger partial charge in [-0.3, -0.25) is 4.57 Å². The zero-order valence-corrected chi connectivity index (χ0v) is 16.2. The van der Waals surface area contributed by atoms with Crippen molar-refractivity contribution in [3.8, 4) is 5.69 Å². The highest BCUT2D eigenvalue weighted by Crippen LogP contribution is 2.46. The first kappa shape index (κ1) is 15.4. The first-order chi connectivity index (χ1) is 14.4. The lowest BCUT2D eigenvalue weighted by molar-refractivity contribution is 0.646. The summed E-state index contributed by atoms with van der Waals surface area (Å²) in [6.07, 6.45) is 0. The first-order valence-electron chi connectivity index (χ1n) is 9.71. The number of nitrogens with zero attached hydrogens (tertiary/aromatic N) is 1. The summed E-state index contributed by atoms with van der Waals surface area (Å²) in [5.74, 6) is 0. The van der Waals surface area contributed by atoms with Crippen LogP contribution in [0.2, 0.25) is 0 Å². The molecular weight excluding hydrogens is 374 g/mol. The van der Waals surface area contributed by atoms with Gasteiger partial charge in [-0.05, 0) is 23.6 Å². The van der Waals surface area contributed by atoms with Crippen LogP contribution in [0.4, 0.5) is 0 Å². The number of benzene rings is 4. The summed E-state index contributed by atoms with van der Waals surface area (Å²) >= 11 is 1.85. The Bertz CT molecular complexity index is 1710. The number of thiophene rings is 1. The molecule has 0 fully saturated rings. The van der Waals surface area contributed by atoms with Crippen molar-refractivity contribution in [3.05, 3.63) is 91.0 Å². The second-order valence-corrected chi connectivity index (χ2v) is 8.44. The monoisotopic (exact) mass is 389 g/mol. The van der Waals surface area contributed by atoms with Gasteiger partial charge < -0.3 is 4.42 Å². The molecule has 29 heavy (non-hydrogen) atoms. The molecule has 4 aromatic carbocycles. The van der Waals surface area contributed by atoms with Gasteiger partial charge in [0.25, 0.3) is 0 Å². The molecular formula is C26H15NOS. The Labute approximate surface area is 170 Å². The fourth-order valence-electron chi connectivity index (χ4n) is 4.57. The molecule has 0 saturated carbocycles. The molecule has 0 radical (unpaired) electrons. The summed E-state index contributed by atoms with van der Waals surface area (Å²) in [6, 6.07) is 32.1. The molecule has 0 aliphatic heterocycles. The largest absolute Gasteiger partial charge is 0.439 e. The van der Waals surface area contributed by atoms with Gasteiger partial charge in [0.15, 0.2) is 0 Å². The smallest absolute Gasteiger partial charge is 0.214 e. The van der Waals surface area contributed by atoms with E-state index in [1.54, 1.807) is 0 Å². The van der Waals surface area contributed by atoms with Crippen LogP contribution in [0.25, 0.3) is 58.8 Å². The van der Waals surface area contributed by atoms with Crippen LogP contribution in [0.1, 0.15) is 0 Å². The third kappa shape index (κ3) is 1.95. The minimum Gasteiger partial charge on any atom is -0.439 e. The summed E-state index contributed by atoms with van der Waals surface area (Å²) in [4.78, 5) is 0. The molecule has 0 atom stereocenters. The average Bonchev–Trinajstić information content (AvgIpc) is 3.41. The van der Waals surface area contributed by atoms with Gasteiger partial charge in [-0.25, -0.2) is 0 Å². The van der Waals surface area contributed by atoms with Gasteiger partial charge in [0, 0.05) is 20.9 Å². The van der Waals surface area contributed by atoms with Gasteiger partial charge >= 0.3 is 0 Å². The molecule has 3 aromatic heterocycles. The van der Waals surface area contributed by atoms with E-state index in [1.165, 1.54) is 41.8 Å². The minimum atomic E-state index is 0.926. The molecule has 0 aliphatic carbocycles. The van der Waals surface area contributed by atoms with Crippen molar-refractivity contribution in [3.63, 3.8) is 0 Å². The Morgan fingerprint density at radius 2 is 1.38 bits per heavy atom. The molecule has 0 aliphatic rings. The van der Waals surface area contributed by atoms with E-state index in [4.69, 9.17) is 4.42 Å². The highest BCUT2D eigenvalue weighted by Gasteiger charge is 2.23. The van der Waals surface area contributed by atoms with Gasteiger partial charge in [-0.2, -0.15) is 0 Å². The molecule has 7 rings (SSSR count). The molecule has 0 amide bonds. The number of hydrogen-bond acceptors (Lipinski definition) is 2. The number of hydrogen-bond donors (Lipinski definition) is 0. The Kier molecular flexibility index (Phi) is 2.91. The number of rotatable bonds is 1. The summed E-state index contributed by atoms with van der Waals surface area (Å²) in [5.41, 5.74) is 4.26. The molecule has 2 nitrogen and oxygen atoms in total. The van der Waals surface area contributed by atoms with Crippen molar-refractivity contribution in [2.75, 3.05) is 0 Å². The summed E-state index contributed by atoms with van der Waals surface area (Å²) in [5, 5.41) is 6.12. The molecule has 3 heterocycles. The predicted octanol–water partition coefficient (Wildman–Crippen LogP) is 7.90. The molecule has 0 saturated heterocycles. The van der Waals surface area contributed by atoms with E-state index >= 15 is 0 Å². The van der Waals surface area contributed by atoms with E-state index in [0.29, 0.717) is 0 Å². The summed E-state index contributed by atoms with van der Waals surface area (Å²) < 4.78 is 11.4. The van der Waals surface area contributed by atoms with E-state index in [2.05, 4.69) is 89.5 Å². The zero-order valence-electron chi connectivity index (χ0n) is 15.4. The van der Waals surface area contributed by atoms with Gasteiger partial charge in [0.1, 0.15) is 5.58 Å². The molecule has 3 heteroatoms. The Morgan fingerprint density at radius 1 is 0.655 bits per heavy atom. The number of aromatic nitrogens is 1. The maximum atomic E-state index is 6.45. The fourth-order valence-corrected chi connectivity index (χ4v) is 5.81. The number of fused-ring (bicyclic) bond motifs is 8. The Hall–Kier alpha value is -3.56. The highest BCUT2D eigenvalue weighted by molar-refractivity contribution is 7.26. The lowest BCUT2D eigenvalue weighted by Gasteiger charge is -2.10. The van der Waals surface area contributed by atoms with Crippen LogP contribution in [-0.4, -0.2) is 4.57 Å².